The first-order valence-electron chi connectivity index (χ1n) is 7.12. The molecule has 1 N–H and O–H groups in total. The van der Waals surface area contributed by atoms with Crippen molar-refractivity contribution >= 4 is 11.8 Å². The van der Waals surface area contributed by atoms with Crippen LogP contribution < -0.4 is 10.1 Å². The molecule has 22 heavy (non-hydrogen) atoms. The first-order chi connectivity index (χ1) is 10.4. The van der Waals surface area contributed by atoms with Crippen molar-refractivity contribution in [3.05, 3.63) is 48.5 Å². The van der Waals surface area contributed by atoms with E-state index in [1.807, 2.05) is 69.3 Å². The second-order valence-corrected chi connectivity index (χ2v) is 5.90. The Kier molecular flexibility index (Phi) is 4.71. The van der Waals surface area contributed by atoms with Gasteiger partial charge in [0.2, 0.25) is 0 Å². The zero-order valence-corrected chi connectivity index (χ0v) is 13.3. The molecule has 4 nitrogen and oxygen atoms in total. The predicted molar refractivity (Wildman–Crippen MR) is 88.3 cm³/mol. The summed E-state index contributed by atoms with van der Waals surface area (Å²) in [5.41, 5.74) is 2.04. The van der Waals surface area contributed by atoms with Gasteiger partial charge in [-0.05, 0) is 44.5 Å². The molecule has 0 atom stereocenters. The highest BCUT2D eigenvalue weighted by atomic mass is 16.6. The lowest BCUT2D eigenvalue weighted by Crippen LogP contribution is -2.27. The Balaban J connectivity index is 2.28. The van der Waals surface area contributed by atoms with E-state index in [-0.39, 0.29) is 0 Å². The van der Waals surface area contributed by atoms with Gasteiger partial charge < -0.3 is 9.47 Å². The van der Waals surface area contributed by atoms with E-state index in [1.165, 1.54) is 0 Å². The van der Waals surface area contributed by atoms with Crippen LogP contribution in [0.3, 0.4) is 0 Å². The van der Waals surface area contributed by atoms with Crippen molar-refractivity contribution in [1.29, 1.82) is 0 Å². The minimum absolute atomic E-state index is 0.470. The number of ether oxygens (including phenoxy) is 2. The van der Waals surface area contributed by atoms with Gasteiger partial charge in [0.15, 0.2) is 0 Å². The molecule has 116 valence electrons. The fraction of sp³-hybridized carbons (Fsp3) is 0.278. The molecule has 1 amide bonds. The van der Waals surface area contributed by atoms with Crippen LogP contribution in [0, 0.1) is 0 Å². The van der Waals surface area contributed by atoms with Crippen molar-refractivity contribution in [3.63, 3.8) is 0 Å². The lowest BCUT2D eigenvalue weighted by Gasteiger charge is -2.20. The number of nitrogens with one attached hydrogen (secondary N) is 1. The minimum atomic E-state index is -0.533. The first kappa shape index (κ1) is 15.9. The highest BCUT2D eigenvalue weighted by Gasteiger charge is 2.17. The molecule has 0 aromatic heterocycles. The zero-order chi connectivity index (χ0) is 16.2. The van der Waals surface area contributed by atoms with Gasteiger partial charge in [0.1, 0.15) is 11.4 Å². The summed E-state index contributed by atoms with van der Waals surface area (Å²) in [6.07, 6.45) is -0.470. The van der Waals surface area contributed by atoms with Crippen molar-refractivity contribution in [2.75, 3.05) is 12.4 Å². The molecule has 2 rings (SSSR count). The van der Waals surface area contributed by atoms with Gasteiger partial charge in [0, 0.05) is 5.56 Å². The first-order valence-corrected chi connectivity index (χ1v) is 7.12. The Bertz CT molecular complexity index is 659. The van der Waals surface area contributed by atoms with Crippen LogP contribution in [0.2, 0.25) is 0 Å². The van der Waals surface area contributed by atoms with Gasteiger partial charge in [-0.15, -0.1) is 0 Å². The van der Waals surface area contributed by atoms with Crippen LogP contribution in [-0.2, 0) is 4.74 Å². The third kappa shape index (κ3) is 4.25. The number of hydrogen-bond acceptors (Lipinski definition) is 3. The van der Waals surface area contributed by atoms with Gasteiger partial charge in [0.05, 0.1) is 12.8 Å². The minimum Gasteiger partial charge on any atom is -0.497 e. The van der Waals surface area contributed by atoms with Crippen molar-refractivity contribution in [3.8, 4) is 16.9 Å². The van der Waals surface area contributed by atoms with Crippen molar-refractivity contribution in [2.45, 2.75) is 26.4 Å². The lowest BCUT2D eigenvalue weighted by molar-refractivity contribution is 0.0636. The Morgan fingerprint density at radius 2 is 1.77 bits per heavy atom. The molecule has 4 heteroatoms. The summed E-state index contributed by atoms with van der Waals surface area (Å²) in [4.78, 5) is 12.0. The number of amides is 1. The SMILES string of the molecule is COc1cccc(-c2ccccc2NC(=O)OC(C)(C)C)c1. The fourth-order valence-electron chi connectivity index (χ4n) is 2.05. The molecule has 0 saturated heterocycles. The van der Waals surface area contributed by atoms with E-state index in [0.717, 1.165) is 16.9 Å². The maximum atomic E-state index is 12.0. The molecule has 0 bridgehead atoms. The van der Waals surface area contributed by atoms with E-state index in [4.69, 9.17) is 9.47 Å². The number of hydrogen-bond donors (Lipinski definition) is 1. The van der Waals surface area contributed by atoms with Gasteiger partial charge in [-0.1, -0.05) is 30.3 Å². The Hall–Kier alpha value is -2.49. The molecule has 0 aliphatic carbocycles. The number of carbonyl (C=O) groups excluding carboxylic acids is 1. The summed E-state index contributed by atoms with van der Waals surface area (Å²) in [7, 11) is 1.63. The molecule has 0 radical (unpaired) electrons. The van der Waals surface area contributed by atoms with Gasteiger partial charge in [-0.3, -0.25) is 5.32 Å². The highest BCUT2D eigenvalue weighted by molar-refractivity contribution is 5.91. The van der Waals surface area contributed by atoms with E-state index in [1.54, 1.807) is 7.11 Å². The second kappa shape index (κ2) is 6.52. The molecule has 0 fully saturated rings. The Morgan fingerprint density at radius 3 is 2.45 bits per heavy atom. The number of carbonyl (C=O) groups is 1. The third-order valence-electron chi connectivity index (χ3n) is 2.94. The number of methoxy groups -OCH3 is 1. The maximum absolute atomic E-state index is 12.0. The van der Waals surface area contributed by atoms with Gasteiger partial charge in [-0.25, -0.2) is 4.79 Å². The summed E-state index contributed by atoms with van der Waals surface area (Å²) >= 11 is 0. The van der Waals surface area contributed by atoms with E-state index in [9.17, 15) is 4.79 Å². The van der Waals surface area contributed by atoms with Crippen molar-refractivity contribution in [2.24, 2.45) is 0 Å². The van der Waals surface area contributed by atoms with Crippen LogP contribution in [0.15, 0.2) is 48.5 Å². The van der Waals surface area contributed by atoms with Gasteiger partial charge >= 0.3 is 6.09 Å². The fourth-order valence-corrected chi connectivity index (χ4v) is 2.05. The van der Waals surface area contributed by atoms with Crippen LogP contribution in [0.5, 0.6) is 5.75 Å². The number of anilines is 1. The molecular weight excluding hydrogens is 278 g/mol. The molecule has 0 aliphatic rings. The van der Waals surface area contributed by atoms with Crippen LogP contribution >= 0.6 is 0 Å². The van der Waals surface area contributed by atoms with Crippen LogP contribution in [0.4, 0.5) is 10.5 Å². The van der Waals surface area contributed by atoms with Gasteiger partial charge in [-0.2, -0.15) is 0 Å². The van der Waals surface area contributed by atoms with E-state index >= 15 is 0 Å². The number of benzene rings is 2. The topological polar surface area (TPSA) is 47.6 Å². The van der Waals surface area contributed by atoms with E-state index < -0.39 is 11.7 Å². The highest BCUT2D eigenvalue weighted by Crippen LogP contribution is 2.30. The number of para-hydroxylation sites is 1. The summed E-state index contributed by atoms with van der Waals surface area (Å²) in [6.45, 7) is 5.50. The molecule has 0 spiro atoms. The van der Waals surface area contributed by atoms with Crippen LogP contribution in [-0.4, -0.2) is 18.8 Å². The molecule has 0 heterocycles. The largest absolute Gasteiger partial charge is 0.497 e. The van der Waals surface area contributed by atoms with Crippen molar-refractivity contribution < 1.29 is 14.3 Å². The summed E-state index contributed by atoms with van der Waals surface area (Å²) in [5, 5.41) is 2.80. The average Bonchev–Trinajstić information content (AvgIpc) is 2.46. The molecule has 2 aromatic rings. The van der Waals surface area contributed by atoms with E-state index in [0.29, 0.717) is 5.69 Å². The third-order valence-corrected chi connectivity index (χ3v) is 2.94. The normalized spacial score (nSPS) is 10.9. The molecular formula is C18H21NO3. The van der Waals surface area contributed by atoms with E-state index in [2.05, 4.69) is 5.32 Å². The Labute approximate surface area is 131 Å². The monoisotopic (exact) mass is 299 g/mol. The standard InChI is InChI=1S/C18H21NO3/c1-18(2,3)22-17(20)19-16-11-6-5-10-15(16)13-8-7-9-14(12-13)21-4/h5-12H,1-4H3,(H,19,20). The quantitative estimate of drug-likeness (QED) is 0.893. The second-order valence-electron chi connectivity index (χ2n) is 5.90. The molecule has 0 unspecified atom stereocenters. The lowest BCUT2D eigenvalue weighted by atomic mass is 10.0. The molecule has 0 saturated carbocycles. The summed E-state index contributed by atoms with van der Waals surface area (Å²) in [6, 6.07) is 15.3. The zero-order valence-electron chi connectivity index (χ0n) is 13.3. The predicted octanol–water partition coefficient (Wildman–Crippen LogP) is 4.71. The van der Waals surface area contributed by atoms with Crippen molar-refractivity contribution in [1.82, 2.24) is 0 Å². The maximum Gasteiger partial charge on any atom is 0.412 e. The van der Waals surface area contributed by atoms with Gasteiger partial charge in [0.25, 0.3) is 0 Å². The molecule has 0 aliphatic heterocycles. The number of rotatable bonds is 3. The average molecular weight is 299 g/mol. The summed E-state index contributed by atoms with van der Waals surface area (Å²) in [5.74, 6) is 0.768. The Morgan fingerprint density at radius 1 is 1.05 bits per heavy atom. The smallest absolute Gasteiger partial charge is 0.412 e. The van der Waals surface area contributed by atoms with Crippen LogP contribution in [0.1, 0.15) is 20.8 Å². The molecule has 2 aromatic carbocycles. The van der Waals surface area contributed by atoms with Crippen LogP contribution in [0.25, 0.3) is 11.1 Å². The summed E-state index contributed by atoms with van der Waals surface area (Å²) < 4.78 is 10.6.